The first-order valence-corrected chi connectivity index (χ1v) is 11.0. The maximum Gasteiger partial charge on any atom is 0.254 e. The van der Waals surface area contributed by atoms with Crippen molar-refractivity contribution in [1.29, 1.82) is 0 Å². The number of piperazine rings is 1. The van der Waals surface area contributed by atoms with Crippen molar-refractivity contribution in [2.45, 2.75) is 12.5 Å². The van der Waals surface area contributed by atoms with Crippen molar-refractivity contribution in [2.75, 3.05) is 51.8 Å². The summed E-state index contributed by atoms with van der Waals surface area (Å²) < 4.78 is 11.1. The monoisotopic (exact) mass is 452 g/mol. The highest BCUT2D eigenvalue weighted by Gasteiger charge is 2.31. The van der Waals surface area contributed by atoms with Gasteiger partial charge in [0.05, 0.1) is 24.8 Å². The third-order valence-corrected chi connectivity index (χ3v) is 5.89. The Kier molecular flexibility index (Phi) is 7.09. The number of amides is 3. The lowest BCUT2D eigenvalue weighted by Gasteiger charge is -2.35. The fraction of sp³-hybridized carbons (Fsp3) is 0.375. The predicted octanol–water partition coefficient (Wildman–Crippen LogP) is 1.36. The van der Waals surface area contributed by atoms with E-state index < -0.39 is 6.04 Å². The number of fused-ring (bicyclic) bond motifs is 1. The SMILES string of the molecule is COc1ccccc1OCCN1CCN(C(=O)C[C@@H]2NC(=O)c3ccccc3NC2=O)CC1. The number of rotatable bonds is 7. The van der Waals surface area contributed by atoms with E-state index in [0.717, 1.165) is 19.6 Å². The van der Waals surface area contributed by atoms with Gasteiger partial charge in [-0.15, -0.1) is 0 Å². The molecule has 0 bridgehead atoms. The Morgan fingerprint density at radius 1 is 1.00 bits per heavy atom. The number of anilines is 1. The van der Waals surface area contributed by atoms with Gasteiger partial charge in [-0.3, -0.25) is 19.3 Å². The number of nitrogens with one attached hydrogen (secondary N) is 2. The molecule has 1 fully saturated rings. The van der Waals surface area contributed by atoms with Crippen LogP contribution in [0.5, 0.6) is 11.5 Å². The first kappa shape index (κ1) is 22.6. The molecule has 1 saturated heterocycles. The number of ether oxygens (including phenoxy) is 2. The number of hydrogen-bond donors (Lipinski definition) is 2. The summed E-state index contributed by atoms with van der Waals surface area (Å²) in [4.78, 5) is 41.8. The van der Waals surface area contributed by atoms with Crippen molar-refractivity contribution < 1.29 is 23.9 Å². The van der Waals surface area contributed by atoms with Crippen LogP contribution >= 0.6 is 0 Å². The van der Waals surface area contributed by atoms with E-state index in [0.29, 0.717) is 42.4 Å². The van der Waals surface area contributed by atoms with E-state index in [1.54, 1.807) is 36.3 Å². The molecule has 3 amide bonds. The maximum atomic E-state index is 12.8. The second-order valence-corrected chi connectivity index (χ2v) is 7.99. The number of carbonyl (C=O) groups excluding carboxylic acids is 3. The molecule has 0 spiro atoms. The third kappa shape index (κ3) is 5.43. The molecule has 0 saturated carbocycles. The number of benzene rings is 2. The molecule has 2 aromatic carbocycles. The molecule has 2 N–H and O–H groups in total. The van der Waals surface area contributed by atoms with Gasteiger partial charge in [0, 0.05) is 32.7 Å². The summed E-state index contributed by atoms with van der Waals surface area (Å²) in [6.45, 7) is 3.82. The lowest BCUT2D eigenvalue weighted by atomic mass is 10.1. The Bertz CT molecular complexity index is 1020. The molecule has 174 valence electrons. The topological polar surface area (TPSA) is 100 Å². The van der Waals surface area contributed by atoms with Crippen LogP contribution in [0.2, 0.25) is 0 Å². The Morgan fingerprint density at radius 2 is 1.70 bits per heavy atom. The van der Waals surface area contributed by atoms with Crippen molar-refractivity contribution in [3.05, 3.63) is 54.1 Å². The van der Waals surface area contributed by atoms with Gasteiger partial charge in [-0.25, -0.2) is 0 Å². The van der Waals surface area contributed by atoms with Crippen molar-refractivity contribution in [2.24, 2.45) is 0 Å². The average molecular weight is 453 g/mol. The smallest absolute Gasteiger partial charge is 0.254 e. The largest absolute Gasteiger partial charge is 0.493 e. The molecule has 0 aromatic heterocycles. The zero-order chi connectivity index (χ0) is 23.2. The van der Waals surface area contributed by atoms with E-state index in [9.17, 15) is 14.4 Å². The van der Waals surface area contributed by atoms with E-state index in [1.807, 2.05) is 24.3 Å². The van der Waals surface area contributed by atoms with Crippen molar-refractivity contribution in [1.82, 2.24) is 15.1 Å². The number of nitrogens with zero attached hydrogens (tertiary/aromatic N) is 2. The normalized spacial score (nSPS) is 18.6. The van der Waals surface area contributed by atoms with E-state index in [-0.39, 0.29) is 24.1 Å². The highest BCUT2D eigenvalue weighted by molar-refractivity contribution is 6.10. The first-order chi connectivity index (χ1) is 16.0. The lowest BCUT2D eigenvalue weighted by molar-refractivity contribution is -0.135. The molecule has 4 rings (SSSR count). The molecule has 0 aliphatic carbocycles. The van der Waals surface area contributed by atoms with Gasteiger partial charge in [-0.05, 0) is 24.3 Å². The number of carbonyl (C=O) groups is 3. The molecular formula is C24H28N4O5. The second-order valence-electron chi connectivity index (χ2n) is 7.99. The minimum absolute atomic E-state index is 0.0670. The van der Waals surface area contributed by atoms with E-state index >= 15 is 0 Å². The van der Waals surface area contributed by atoms with Crippen LogP contribution in [0, 0.1) is 0 Å². The Hall–Kier alpha value is -3.59. The van der Waals surface area contributed by atoms with Crippen LogP contribution in [0.15, 0.2) is 48.5 Å². The van der Waals surface area contributed by atoms with Crippen LogP contribution in [0.25, 0.3) is 0 Å². The van der Waals surface area contributed by atoms with Gasteiger partial charge >= 0.3 is 0 Å². The lowest BCUT2D eigenvalue weighted by Crippen LogP contribution is -2.52. The first-order valence-electron chi connectivity index (χ1n) is 11.0. The van der Waals surface area contributed by atoms with Crippen LogP contribution in [0.3, 0.4) is 0 Å². The number of hydrogen-bond acceptors (Lipinski definition) is 6. The average Bonchev–Trinajstić information content (AvgIpc) is 2.95. The summed E-state index contributed by atoms with van der Waals surface area (Å²) >= 11 is 0. The summed E-state index contributed by atoms with van der Waals surface area (Å²) in [5.41, 5.74) is 0.851. The van der Waals surface area contributed by atoms with Crippen LogP contribution < -0.4 is 20.1 Å². The Labute approximate surface area is 192 Å². The van der Waals surface area contributed by atoms with Gasteiger partial charge in [-0.1, -0.05) is 24.3 Å². The van der Waals surface area contributed by atoms with Gasteiger partial charge in [0.25, 0.3) is 5.91 Å². The van der Waals surface area contributed by atoms with Crippen LogP contribution in [-0.2, 0) is 9.59 Å². The fourth-order valence-corrected chi connectivity index (χ4v) is 4.00. The maximum absolute atomic E-state index is 12.8. The minimum atomic E-state index is -0.898. The van der Waals surface area contributed by atoms with E-state index in [4.69, 9.17) is 9.47 Å². The molecule has 0 unspecified atom stereocenters. The molecule has 2 heterocycles. The Balaban J connectivity index is 1.23. The molecule has 2 aliphatic rings. The van der Waals surface area contributed by atoms with E-state index in [1.165, 1.54) is 0 Å². The number of methoxy groups -OCH3 is 1. The summed E-state index contributed by atoms with van der Waals surface area (Å²) in [6, 6.07) is 13.4. The van der Waals surface area contributed by atoms with Crippen LogP contribution in [0.4, 0.5) is 5.69 Å². The van der Waals surface area contributed by atoms with Gasteiger partial charge in [0.2, 0.25) is 11.8 Å². The fourth-order valence-electron chi connectivity index (χ4n) is 4.00. The summed E-state index contributed by atoms with van der Waals surface area (Å²) in [5.74, 6) is 0.520. The molecule has 33 heavy (non-hydrogen) atoms. The van der Waals surface area contributed by atoms with Gasteiger partial charge in [-0.2, -0.15) is 0 Å². The van der Waals surface area contributed by atoms with E-state index in [2.05, 4.69) is 15.5 Å². The molecule has 2 aromatic rings. The second kappa shape index (κ2) is 10.4. The predicted molar refractivity (Wildman–Crippen MR) is 122 cm³/mol. The standard InChI is InChI=1S/C24H28N4O5/c1-32-20-8-4-5-9-21(20)33-15-14-27-10-12-28(13-11-27)22(29)16-19-24(31)25-18-7-3-2-6-17(18)23(30)26-19/h2-9,19H,10-16H2,1H3,(H,25,31)(H,26,30)/t19-/m0/s1. The summed E-state index contributed by atoms with van der Waals surface area (Å²) in [7, 11) is 1.61. The molecule has 1 atom stereocenters. The van der Waals surface area contributed by atoms with Crippen LogP contribution in [-0.4, -0.2) is 80.0 Å². The highest BCUT2D eigenvalue weighted by atomic mass is 16.5. The van der Waals surface area contributed by atoms with Gasteiger partial charge in [0.15, 0.2) is 11.5 Å². The molecule has 9 heteroatoms. The van der Waals surface area contributed by atoms with Gasteiger partial charge < -0.3 is 25.0 Å². The van der Waals surface area contributed by atoms with Crippen molar-refractivity contribution in [3.63, 3.8) is 0 Å². The van der Waals surface area contributed by atoms with Crippen LogP contribution in [0.1, 0.15) is 16.8 Å². The summed E-state index contributed by atoms with van der Waals surface area (Å²) in [6.07, 6.45) is -0.0670. The minimum Gasteiger partial charge on any atom is -0.493 e. The van der Waals surface area contributed by atoms with Crippen molar-refractivity contribution in [3.8, 4) is 11.5 Å². The third-order valence-electron chi connectivity index (χ3n) is 5.89. The zero-order valence-electron chi connectivity index (χ0n) is 18.6. The van der Waals surface area contributed by atoms with Gasteiger partial charge in [0.1, 0.15) is 12.6 Å². The quantitative estimate of drug-likeness (QED) is 0.658. The number of para-hydroxylation sites is 3. The molecule has 0 radical (unpaired) electrons. The zero-order valence-corrected chi connectivity index (χ0v) is 18.6. The molecule has 2 aliphatic heterocycles. The highest BCUT2D eigenvalue weighted by Crippen LogP contribution is 2.25. The molecular weight excluding hydrogens is 424 g/mol. The Morgan fingerprint density at radius 3 is 2.45 bits per heavy atom. The molecule has 9 nitrogen and oxygen atoms in total. The van der Waals surface area contributed by atoms with Crippen molar-refractivity contribution >= 4 is 23.4 Å². The summed E-state index contributed by atoms with van der Waals surface area (Å²) in [5, 5.41) is 5.42.